The van der Waals surface area contributed by atoms with Crippen molar-refractivity contribution in [2.45, 2.75) is 9.79 Å². The lowest BCUT2D eigenvalue weighted by Crippen LogP contribution is -1.97. The number of fused-ring (bicyclic) bond motifs is 6. The third-order valence-electron chi connectivity index (χ3n) is 5.98. The Hall–Kier alpha value is -3.37. The van der Waals surface area contributed by atoms with E-state index in [1.165, 1.54) is 10.8 Å². The van der Waals surface area contributed by atoms with Crippen LogP contribution < -0.4 is 0 Å². The fourth-order valence-corrected chi connectivity index (χ4v) is 6.36. The first-order valence-electron chi connectivity index (χ1n) is 9.52. The van der Waals surface area contributed by atoms with E-state index in [0.717, 1.165) is 33.3 Å². The monoisotopic (exact) mass is 395 g/mol. The van der Waals surface area contributed by atoms with Crippen molar-refractivity contribution in [1.29, 1.82) is 0 Å². The lowest BCUT2D eigenvalue weighted by molar-refractivity contribution is 0.598. The Kier molecular flexibility index (Phi) is 3.19. The van der Waals surface area contributed by atoms with Gasteiger partial charge in [0.15, 0.2) is 0 Å². The van der Waals surface area contributed by atoms with Gasteiger partial charge in [0, 0.05) is 40.0 Å². The van der Waals surface area contributed by atoms with E-state index in [-0.39, 0.29) is 0 Å². The molecule has 0 aliphatic carbocycles. The summed E-state index contributed by atoms with van der Waals surface area (Å²) in [5.74, 6) is 0. The van der Waals surface area contributed by atoms with Gasteiger partial charge in [0.25, 0.3) is 0 Å². The van der Waals surface area contributed by atoms with Crippen molar-refractivity contribution < 1.29 is 8.42 Å². The van der Waals surface area contributed by atoms with Gasteiger partial charge in [-0.1, -0.05) is 66.7 Å². The van der Waals surface area contributed by atoms with Crippen molar-refractivity contribution >= 4 is 31.6 Å². The molecule has 5 aromatic rings. The molecule has 29 heavy (non-hydrogen) atoms. The molecule has 0 fully saturated rings. The van der Waals surface area contributed by atoms with Crippen LogP contribution >= 0.6 is 0 Å². The van der Waals surface area contributed by atoms with Gasteiger partial charge >= 0.3 is 0 Å². The quantitative estimate of drug-likeness (QED) is 0.352. The molecule has 0 saturated heterocycles. The Labute approximate surface area is 168 Å². The van der Waals surface area contributed by atoms with Crippen LogP contribution in [-0.2, 0) is 16.9 Å². The van der Waals surface area contributed by atoms with E-state index in [9.17, 15) is 8.42 Å². The molecular weight excluding hydrogens is 378 g/mol. The number of hydrogen-bond donors (Lipinski definition) is 0. The number of hydrogen-bond acceptors (Lipinski definition) is 2. The van der Waals surface area contributed by atoms with Crippen LogP contribution in [0, 0.1) is 0 Å². The second-order valence-corrected chi connectivity index (χ2v) is 9.37. The average Bonchev–Trinajstić information content (AvgIpc) is 3.18. The first-order valence-corrected chi connectivity index (χ1v) is 11.0. The summed E-state index contributed by atoms with van der Waals surface area (Å²) in [5, 5.41) is 2.38. The van der Waals surface area contributed by atoms with Crippen LogP contribution in [0.2, 0.25) is 0 Å². The zero-order valence-corrected chi connectivity index (χ0v) is 16.6. The minimum atomic E-state index is -3.49. The molecular formula is C25H17NO2S. The van der Waals surface area contributed by atoms with Gasteiger partial charge in [0.2, 0.25) is 9.84 Å². The highest BCUT2D eigenvalue weighted by Gasteiger charge is 2.32. The topological polar surface area (TPSA) is 39.1 Å². The van der Waals surface area contributed by atoms with Crippen LogP contribution in [0.4, 0.5) is 0 Å². The minimum absolute atomic E-state index is 0.395. The van der Waals surface area contributed by atoms with Crippen molar-refractivity contribution in [1.82, 2.24) is 4.57 Å². The van der Waals surface area contributed by atoms with E-state index in [2.05, 4.69) is 35.9 Å². The average molecular weight is 395 g/mol. The molecule has 4 aromatic carbocycles. The standard InChI is InChI=1S/C25H17NO2S/c1-26-22-11-4-2-7-18(22)21-10-6-9-17(25(21)26)16-13-14-20-19-8-3-5-12-23(19)29(27,28)24(20)15-16/h2-15H,1H3. The predicted octanol–water partition coefficient (Wildman–Crippen LogP) is 5.81. The van der Waals surface area contributed by atoms with Crippen molar-refractivity contribution in [3.05, 3.63) is 84.9 Å². The molecule has 1 aliphatic rings. The number of para-hydroxylation sites is 2. The summed E-state index contributed by atoms with van der Waals surface area (Å²) in [7, 11) is -1.43. The fraction of sp³-hybridized carbons (Fsp3) is 0.0400. The van der Waals surface area contributed by atoms with Gasteiger partial charge in [-0.25, -0.2) is 8.42 Å². The van der Waals surface area contributed by atoms with E-state index in [1.54, 1.807) is 12.1 Å². The summed E-state index contributed by atoms with van der Waals surface area (Å²) in [6, 6.07) is 27.6. The Morgan fingerprint density at radius 3 is 2.24 bits per heavy atom. The van der Waals surface area contributed by atoms with Crippen LogP contribution in [0.25, 0.3) is 44.1 Å². The maximum Gasteiger partial charge on any atom is 0.207 e. The highest BCUT2D eigenvalue weighted by Crippen LogP contribution is 2.45. The smallest absolute Gasteiger partial charge is 0.207 e. The normalized spacial score (nSPS) is 14.2. The minimum Gasteiger partial charge on any atom is -0.343 e. The molecule has 3 nitrogen and oxygen atoms in total. The molecule has 1 aromatic heterocycles. The third kappa shape index (κ3) is 2.09. The van der Waals surface area contributed by atoms with Gasteiger partial charge in [-0.2, -0.15) is 0 Å². The van der Waals surface area contributed by atoms with Crippen LogP contribution in [0.15, 0.2) is 94.7 Å². The Morgan fingerprint density at radius 2 is 1.34 bits per heavy atom. The summed E-state index contributed by atoms with van der Waals surface area (Å²) in [5.41, 5.74) is 5.80. The number of aryl methyl sites for hydroxylation is 1. The van der Waals surface area contributed by atoms with Gasteiger partial charge in [0.1, 0.15) is 0 Å². The number of nitrogens with zero attached hydrogens (tertiary/aromatic N) is 1. The van der Waals surface area contributed by atoms with Gasteiger partial charge in [0.05, 0.1) is 15.3 Å². The van der Waals surface area contributed by atoms with Crippen LogP contribution in [0.1, 0.15) is 0 Å². The highest BCUT2D eigenvalue weighted by molar-refractivity contribution is 7.92. The molecule has 0 radical (unpaired) electrons. The Bertz CT molecular complexity index is 1580. The first-order chi connectivity index (χ1) is 14.1. The molecule has 2 heterocycles. The highest BCUT2D eigenvalue weighted by atomic mass is 32.2. The number of rotatable bonds is 1. The Balaban J connectivity index is 1.66. The largest absolute Gasteiger partial charge is 0.343 e. The van der Waals surface area contributed by atoms with Gasteiger partial charge < -0.3 is 4.57 Å². The molecule has 1 aliphatic heterocycles. The van der Waals surface area contributed by atoms with Gasteiger partial charge in [-0.3, -0.25) is 0 Å². The van der Waals surface area contributed by atoms with E-state index < -0.39 is 9.84 Å². The zero-order valence-electron chi connectivity index (χ0n) is 15.8. The van der Waals surface area contributed by atoms with E-state index >= 15 is 0 Å². The summed E-state index contributed by atoms with van der Waals surface area (Å²) in [4.78, 5) is 0.793. The molecule has 0 unspecified atom stereocenters. The molecule has 0 amide bonds. The van der Waals surface area contributed by atoms with Gasteiger partial charge in [-0.15, -0.1) is 0 Å². The van der Waals surface area contributed by atoms with Crippen molar-refractivity contribution in [2.24, 2.45) is 7.05 Å². The Morgan fingerprint density at radius 1 is 0.655 bits per heavy atom. The van der Waals surface area contributed by atoms with E-state index in [0.29, 0.717) is 9.79 Å². The molecule has 6 rings (SSSR count). The SMILES string of the molecule is Cn1c2ccccc2c2cccc(-c3ccc4c(c3)S(=O)(=O)c3ccccc3-4)c21. The maximum atomic E-state index is 13.1. The number of aromatic nitrogens is 1. The van der Waals surface area contributed by atoms with E-state index in [1.807, 2.05) is 48.5 Å². The lowest BCUT2D eigenvalue weighted by atomic mass is 9.98. The van der Waals surface area contributed by atoms with Crippen molar-refractivity contribution in [2.75, 3.05) is 0 Å². The molecule has 0 atom stereocenters. The first kappa shape index (κ1) is 16.6. The van der Waals surface area contributed by atoms with Crippen LogP contribution in [0.3, 0.4) is 0 Å². The maximum absolute atomic E-state index is 13.1. The fourth-order valence-electron chi connectivity index (χ4n) is 4.65. The zero-order chi connectivity index (χ0) is 19.8. The molecule has 0 saturated carbocycles. The van der Waals surface area contributed by atoms with Gasteiger partial charge in [-0.05, 0) is 23.8 Å². The summed E-state index contributed by atoms with van der Waals surface area (Å²) in [6.45, 7) is 0. The van der Waals surface area contributed by atoms with Crippen LogP contribution in [0.5, 0.6) is 0 Å². The van der Waals surface area contributed by atoms with E-state index in [4.69, 9.17) is 0 Å². The lowest BCUT2D eigenvalue weighted by Gasteiger charge is -2.09. The molecule has 140 valence electrons. The third-order valence-corrected chi connectivity index (χ3v) is 7.83. The molecule has 0 bridgehead atoms. The molecule has 0 N–H and O–H groups in total. The van der Waals surface area contributed by atoms with Crippen molar-refractivity contribution in [3.8, 4) is 22.3 Å². The molecule has 0 spiro atoms. The van der Waals surface area contributed by atoms with Crippen molar-refractivity contribution in [3.63, 3.8) is 0 Å². The number of benzene rings is 4. The van der Waals surface area contributed by atoms with Crippen LogP contribution in [-0.4, -0.2) is 13.0 Å². The second kappa shape index (κ2) is 5.58. The molecule has 4 heteroatoms. The summed E-state index contributed by atoms with van der Waals surface area (Å²) < 4.78 is 28.4. The second-order valence-electron chi connectivity index (χ2n) is 7.49. The summed E-state index contributed by atoms with van der Waals surface area (Å²) in [6.07, 6.45) is 0. The predicted molar refractivity (Wildman–Crippen MR) is 117 cm³/mol. The summed E-state index contributed by atoms with van der Waals surface area (Å²) >= 11 is 0. The number of sulfone groups is 1.